The second-order valence-corrected chi connectivity index (χ2v) is 6.82. The molecule has 2 rings (SSSR count). The Morgan fingerprint density at radius 3 is 2.58 bits per heavy atom. The fourth-order valence-corrected chi connectivity index (χ4v) is 3.66. The van der Waals surface area contributed by atoms with Crippen molar-refractivity contribution in [1.82, 2.24) is 10.2 Å². The van der Waals surface area contributed by atoms with Gasteiger partial charge in [0.1, 0.15) is 4.75 Å². The molecule has 0 atom stereocenters. The van der Waals surface area contributed by atoms with E-state index in [0.717, 1.165) is 38.8 Å². The van der Waals surface area contributed by atoms with E-state index in [9.17, 15) is 10.1 Å². The fourth-order valence-electron chi connectivity index (χ4n) is 2.98. The monoisotopic (exact) mass is 281 g/mol. The Morgan fingerprint density at radius 2 is 2.05 bits per heavy atom. The maximum absolute atomic E-state index is 11.9. The Kier molecular flexibility index (Phi) is 5.12. The normalized spacial score (nSPS) is 24.0. The number of rotatable bonds is 4. The van der Waals surface area contributed by atoms with Gasteiger partial charge in [0, 0.05) is 19.1 Å². The van der Waals surface area contributed by atoms with Gasteiger partial charge in [0.15, 0.2) is 0 Å². The number of piperidine rings is 1. The summed E-state index contributed by atoms with van der Waals surface area (Å²) < 4.78 is -0.224. The van der Waals surface area contributed by atoms with Gasteiger partial charge in [0.05, 0.1) is 12.6 Å². The molecule has 1 saturated heterocycles. The van der Waals surface area contributed by atoms with Crippen molar-refractivity contribution in [3.05, 3.63) is 0 Å². The maximum atomic E-state index is 11.9. The lowest BCUT2D eigenvalue weighted by Crippen LogP contribution is -2.47. The Hall–Kier alpha value is -0.730. The standard InChI is InChI=1S/C14H23N3OS/c1-19-14(11-15)6-8-17(9-7-14)10-13(18)16-12-4-2-3-5-12/h12H,2-10H2,1H3,(H,16,18). The van der Waals surface area contributed by atoms with Gasteiger partial charge in [-0.3, -0.25) is 9.69 Å². The number of likely N-dealkylation sites (tertiary alicyclic amines) is 1. The van der Waals surface area contributed by atoms with Crippen molar-refractivity contribution in [1.29, 1.82) is 5.26 Å². The van der Waals surface area contributed by atoms with E-state index in [2.05, 4.69) is 16.3 Å². The van der Waals surface area contributed by atoms with Gasteiger partial charge in [0.2, 0.25) is 5.91 Å². The Balaban J connectivity index is 1.73. The van der Waals surface area contributed by atoms with Gasteiger partial charge in [-0.1, -0.05) is 12.8 Å². The smallest absolute Gasteiger partial charge is 0.234 e. The molecule has 0 aromatic carbocycles. The van der Waals surface area contributed by atoms with Gasteiger partial charge in [-0.05, 0) is 31.9 Å². The zero-order chi connectivity index (χ0) is 13.7. The van der Waals surface area contributed by atoms with Crippen molar-refractivity contribution < 1.29 is 4.79 Å². The van der Waals surface area contributed by atoms with Crippen LogP contribution in [0.3, 0.4) is 0 Å². The lowest BCUT2D eigenvalue weighted by atomic mass is 9.97. The highest BCUT2D eigenvalue weighted by atomic mass is 32.2. The van der Waals surface area contributed by atoms with Gasteiger partial charge >= 0.3 is 0 Å². The molecule has 2 aliphatic rings. The van der Waals surface area contributed by atoms with Crippen LogP contribution < -0.4 is 5.32 Å². The first-order chi connectivity index (χ1) is 9.17. The predicted octanol–water partition coefficient (Wildman–Crippen LogP) is 1.77. The third kappa shape index (κ3) is 3.87. The lowest BCUT2D eigenvalue weighted by Gasteiger charge is -2.35. The molecule has 0 bridgehead atoms. The number of carbonyl (C=O) groups excluding carboxylic acids is 1. The van der Waals surface area contributed by atoms with Crippen LogP contribution in [0.2, 0.25) is 0 Å². The molecule has 1 aliphatic heterocycles. The third-order valence-corrected chi connectivity index (χ3v) is 5.63. The number of amides is 1. The number of hydrogen-bond donors (Lipinski definition) is 1. The largest absolute Gasteiger partial charge is 0.352 e. The molecular formula is C14H23N3OS. The van der Waals surface area contributed by atoms with Gasteiger partial charge in [-0.2, -0.15) is 5.26 Å². The Morgan fingerprint density at radius 1 is 1.42 bits per heavy atom. The van der Waals surface area contributed by atoms with Crippen molar-refractivity contribution in [3.8, 4) is 6.07 Å². The zero-order valence-electron chi connectivity index (χ0n) is 11.7. The summed E-state index contributed by atoms with van der Waals surface area (Å²) in [6, 6.07) is 2.84. The van der Waals surface area contributed by atoms with Crippen LogP contribution in [0, 0.1) is 11.3 Å². The summed E-state index contributed by atoms with van der Waals surface area (Å²) in [5, 5.41) is 12.4. The second-order valence-electron chi connectivity index (χ2n) is 5.64. The predicted molar refractivity (Wildman–Crippen MR) is 77.9 cm³/mol. The minimum Gasteiger partial charge on any atom is -0.352 e. The van der Waals surface area contributed by atoms with Gasteiger partial charge in [-0.15, -0.1) is 11.8 Å². The SMILES string of the molecule is CSC1(C#N)CCN(CC(=O)NC2CCCC2)CC1. The van der Waals surface area contributed by atoms with E-state index in [1.165, 1.54) is 12.8 Å². The molecule has 19 heavy (non-hydrogen) atoms. The maximum Gasteiger partial charge on any atom is 0.234 e. The van der Waals surface area contributed by atoms with Crippen molar-refractivity contribution in [3.63, 3.8) is 0 Å². The number of hydrogen-bond acceptors (Lipinski definition) is 4. The number of nitrogens with zero attached hydrogens (tertiary/aromatic N) is 2. The molecule has 4 nitrogen and oxygen atoms in total. The van der Waals surface area contributed by atoms with E-state index in [1.54, 1.807) is 11.8 Å². The van der Waals surface area contributed by atoms with Crippen LogP contribution in [0.1, 0.15) is 38.5 Å². The number of nitriles is 1. The number of thioether (sulfide) groups is 1. The quantitative estimate of drug-likeness (QED) is 0.853. The van der Waals surface area contributed by atoms with Gasteiger partial charge in [0.25, 0.3) is 0 Å². The minimum absolute atomic E-state index is 0.153. The Labute approximate surface area is 119 Å². The van der Waals surface area contributed by atoms with Crippen molar-refractivity contribution in [2.75, 3.05) is 25.9 Å². The van der Waals surface area contributed by atoms with Crippen LogP contribution >= 0.6 is 11.8 Å². The van der Waals surface area contributed by atoms with Gasteiger partial charge < -0.3 is 5.32 Å². The molecule has 0 aromatic heterocycles. The molecule has 1 N–H and O–H groups in total. The topological polar surface area (TPSA) is 56.1 Å². The van der Waals surface area contributed by atoms with Crippen LogP contribution in [-0.4, -0.2) is 47.5 Å². The van der Waals surface area contributed by atoms with Crippen molar-refractivity contribution >= 4 is 17.7 Å². The number of carbonyl (C=O) groups is 1. The summed E-state index contributed by atoms with van der Waals surface area (Å²) in [5.74, 6) is 0.153. The van der Waals surface area contributed by atoms with Crippen LogP contribution in [0.4, 0.5) is 0 Å². The van der Waals surface area contributed by atoms with Crippen LogP contribution in [0.5, 0.6) is 0 Å². The highest BCUT2D eigenvalue weighted by Crippen LogP contribution is 2.33. The Bertz CT molecular complexity index is 352. The molecule has 0 aromatic rings. The van der Waals surface area contributed by atoms with E-state index in [0.29, 0.717) is 12.6 Å². The third-order valence-electron chi connectivity index (χ3n) is 4.35. The van der Waals surface area contributed by atoms with E-state index >= 15 is 0 Å². The van der Waals surface area contributed by atoms with Crippen molar-refractivity contribution in [2.24, 2.45) is 0 Å². The molecule has 0 radical (unpaired) electrons. The molecule has 2 fully saturated rings. The summed E-state index contributed by atoms with van der Waals surface area (Å²) in [6.07, 6.45) is 8.49. The zero-order valence-corrected chi connectivity index (χ0v) is 12.5. The molecule has 1 saturated carbocycles. The summed E-state index contributed by atoms with van der Waals surface area (Å²) in [4.78, 5) is 14.1. The molecule has 106 valence electrons. The van der Waals surface area contributed by atoms with Crippen molar-refractivity contribution in [2.45, 2.75) is 49.3 Å². The summed E-state index contributed by atoms with van der Waals surface area (Å²) in [6.45, 7) is 2.20. The van der Waals surface area contributed by atoms with Crippen LogP contribution in [0.15, 0.2) is 0 Å². The fraction of sp³-hybridized carbons (Fsp3) is 0.857. The first-order valence-electron chi connectivity index (χ1n) is 7.15. The second kappa shape index (κ2) is 6.62. The molecule has 1 amide bonds. The average molecular weight is 281 g/mol. The van der Waals surface area contributed by atoms with E-state index in [1.807, 2.05) is 6.26 Å². The molecule has 5 heteroatoms. The molecule has 1 aliphatic carbocycles. The molecule has 0 spiro atoms. The van der Waals surface area contributed by atoms with Crippen LogP contribution in [-0.2, 0) is 4.79 Å². The highest BCUT2D eigenvalue weighted by molar-refractivity contribution is 8.00. The molecule has 0 unspecified atom stereocenters. The molecular weight excluding hydrogens is 258 g/mol. The first-order valence-corrected chi connectivity index (χ1v) is 8.38. The molecule has 1 heterocycles. The average Bonchev–Trinajstić information content (AvgIpc) is 2.93. The minimum atomic E-state index is -0.224. The lowest BCUT2D eigenvalue weighted by molar-refractivity contribution is -0.123. The van der Waals surface area contributed by atoms with E-state index in [-0.39, 0.29) is 10.7 Å². The summed E-state index contributed by atoms with van der Waals surface area (Å²) in [5.41, 5.74) is 0. The summed E-state index contributed by atoms with van der Waals surface area (Å²) >= 11 is 1.65. The van der Waals surface area contributed by atoms with Gasteiger partial charge in [-0.25, -0.2) is 0 Å². The van der Waals surface area contributed by atoms with Crippen LogP contribution in [0.25, 0.3) is 0 Å². The number of nitrogens with one attached hydrogen (secondary N) is 1. The first kappa shape index (κ1) is 14.7. The summed E-state index contributed by atoms with van der Waals surface area (Å²) in [7, 11) is 0. The van der Waals surface area contributed by atoms with E-state index < -0.39 is 0 Å². The highest BCUT2D eigenvalue weighted by Gasteiger charge is 2.34. The van der Waals surface area contributed by atoms with E-state index in [4.69, 9.17) is 0 Å².